The molecule has 1 N–H and O–H groups in total. The van der Waals surface area contributed by atoms with Crippen LogP contribution in [0.15, 0.2) is 24.3 Å². The molecule has 0 amide bonds. The normalized spacial score (nSPS) is 16.9. The summed E-state index contributed by atoms with van der Waals surface area (Å²) >= 11 is 0. The van der Waals surface area contributed by atoms with E-state index in [9.17, 15) is 0 Å². The molecule has 2 rings (SSSR count). The highest BCUT2D eigenvalue weighted by molar-refractivity contribution is 5.23. The van der Waals surface area contributed by atoms with Crippen molar-refractivity contribution >= 4 is 0 Å². The molecule has 1 heterocycles. The molecule has 2 nitrogen and oxygen atoms in total. The lowest BCUT2D eigenvalue weighted by Gasteiger charge is -2.26. The van der Waals surface area contributed by atoms with Crippen LogP contribution in [0.3, 0.4) is 0 Å². The number of hydrogen-bond acceptors (Lipinski definition) is 2. The third-order valence-electron chi connectivity index (χ3n) is 3.78. The van der Waals surface area contributed by atoms with Crippen LogP contribution in [-0.4, -0.2) is 31.1 Å². The number of nitrogens with zero attached hydrogens (tertiary/aromatic N) is 1. The van der Waals surface area contributed by atoms with Crippen LogP contribution in [0.2, 0.25) is 0 Å². The predicted molar refractivity (Wildman–Crippen MR) is 77.8 cm³/mol. The second-order valence-electron chi connectivity index (χ2n) is 5.25. The van der Waals surface area contributed by atoms with Gasteiger partial charge in [-0.25, -0.2) is 0 Å². The van der Waals surface area contributed by atoms with Gasteiger partial charge in [-0.3, -0.25) is 0 Å². The molecule has 1 aromatic carbocycles. The summed E-state index contributed by atoms with van der Waals surface area (Å²) in [5, 5.41) is 3.56. The summed E-state index contributed by atoms with van der Waals surface area (Å²) in [7, 11) is 0. The molecular weight excluding hydrogens is 220 g/mol. The molecule has 2 heteroatoms. The molecule has 1 aliphatic heterocycles. The van der Waals surface area contributed by atoms with E-state index in [1.807, 2.05) is 0 Å². The lowest BCUT2D eigenvalue weighted by atomic mass is 10.1. The number of hydrogen-bond donors (Lipinski definition) is 1. The van der Waals surface area contributed by atoms with E-state index in [1.54, 1.807) is 0 Å². The van der Waals surface area contributed by atoms with Gasteiger partial charge in [-0.05, 0) is 43.5 Å². The molecule has 0 saturated carbocycles. The average molecular weight is 246 g/mol. The minimum atomic E-state index is 1.00. The molecule has 0 aromatic heterocycles. The molecule has 100 valence electrons. The second-order valence-corrected chi connectivity index (χ2v) is 5.25. The topological polar surface area (TPSA) is 15.3 Å². The Bertz CT molecular complexity index is 343. The Hall–Kier alpha value is -0.860. The summed E-state index contributed by atoms with van der Waals surface area (Å²) in [4.78, 5) is 2.58. The van der Waals surface area contributed by atoms with Crippen molar-refractivity contribution < 1.29 is 0 Å². The van der Waals surface area contributed by atoms with Gasteiger partial charge in [0.25, 0.3) is 0 Å². The monoisotopic (exact) mass is 246 g/mol. The third-order valence-corrected chi connectivity index (χ3v) is 3.78. The molecule has 0 radical (unpaired) electrons. The first-order valence-corrected chi connectivity index (χ1v) is 7.39. The maximum Gasteiger partial charge on any atom is 0.0206 e. The van der Waals surface area contributed by atoms with Crippen molar-refractivity contribution in [2.75, 3.05) is 26.2 Å². The lowest BCUT2D eigenvalue weighted by Crippen LogP contribution is -2.35. The van der Waals surface area contributed by atoms with Gasteiger partial charge in [0.2, 0.25) is 0 Å². The Morgan fingerprint density at radius 2 is 1.89 bits per heavy atom. The molecular formula is C16H26N2. The van der Waals surface area contributed by atoms with Crippen LogP contribution < -0.4 is 5.32 Å². The second kappa shape index (κ2) is 7.55. The number of nitrogens with one attached hydrogen (secondary N) is 1. The minimum absolute atomic E-state index is 1.00. The number of aryl methyl sites for hydroxylation is 1. The number of benzene rings is 1. The highest BCUT2D eigenvalue weighted by Gasteiger charge is 2.08. The first kappa shape index (κ1) is 13.6. The number of piperidine rings is 1. The van der Waals surface area contributed by atoms with Gasteiger partial charge in [-0.1, -0.05) is 37.6 Å². The van der Waals surface area contributed by atoms with Crippen LogP contribution >= 0.6 is 0 Å². The average Bonchev–Trinajstić information content (AvgIpc) is 2.45. The molecule has 0 spiro atoms. The van der Waals surface area contributed by atoms with Crippen molar-refractivity contribution in [3.05, 3.63) is 35.4 Å². The Morgan fingerprint density at radius 3 is 2.67 bits per heavy atom. The smallest absolute Gasteiger partial charge is 0.0206 e. The zero-order chi connectivity index (χ0) is 12.6. The van der Waals surface area contributed by atoms with E-state index in [2.05, 4.69) is 41.4 Å². The van der Waals surface area contributed by atoms with E-state index >= 15 is 0 Å². The fourth-order valence-corrected chi connectivity index (χ4v) is 2.61. The number of likely N-dealkylation sites (tertiary alicyclic amines) is 1. The van der Waals surface area contributed by atoms with E-state index in [-0.39, 0.29) is 0 Å². The summed E-state index contributed by atoms with van der Waals surface area (Å²) in [5.41, 5.74) is 2.85. The molecule has 18 heavy (non-hydrogen) atoms. The van der Waals surface area contributed by atoms with E-state index in [0.717, 1.165) is 19.5 Å². The lowest BCUT2D eigenvalue weighted by molar-refractivity contribution is 0.229. The quantitative estimate of drug-likeness (QED) is 0.777. The van der Waals surface area contributed by atoms with Crippen LogP contribution in [0.25, 0.3) is 0 Å². The zero-order valence-electron chi connectivity index (χ0n) is 11.6. The van der Waals surface area contributed by atoms with E-state index < -0.39 is 0 Å². The molecule has 0 atom stereocenters. The van der Waals surface area contributed by atoms with Crippen LogP contribution in [0, 0.1) is 0 Å². The van der Waals surface area contributed by atoms with Crippen molar-refractivity contribution in [2.45, 2.75) is 39.2 Å². The van der Waals surface area contributed by atoms with Gasteiger partial charge in [-0.15, -0.1) is 0 Å². The van der Waals surface area contributed by atoms with Gasteiger partial charge in [0.15, 0.2) is 0 Å². The van der Waals surface area contributed by atoms with Crippen molar-refractivity contribution in [2.24, 2.45) is 0 Å². The molecule has 1 aromatic rings. The summed E-state index contributed by atoms with van der Waals surface area (Å²) in [6.07, 6.45) is 5.33. The minimum Gasteiger partial charge on any atom is -0.311 e. The fraction of sp³-hybridized carbons (Fsp3) is 0.625. The van der Waals surface area contributed by atoms with Crippen LogP contribution in [0.1, 0.15) is 37.3 Å². The largest absolute Gasteiger partial charge is 0.311 e. The van der Waals surface area contributed by atoms with Gasteiger partial charge >= 0.3 is 0 Å². The zero-order valence-corrected chi connectivity index (χ0v) is 11.6. The Balaban J connectivity index is 1.65. The maximum absolute atomic E-state index is 3.56. The summed E-state index contributed by atoms with van der Waals surface area (Å²) in [6, 6.07) is 8.90. The first-order chi connectivity index (χ1) is 8.88. The van der Waals surface area contributed by atoms with Gasteiger partial charge in [0, 0.05) is 19.6 Å². The summed E-state index contributed by atoms with van der Waals surface area (Å²) in [5.74, 6) is 0. The van der Waals surface area contributed by atoms with Crippen molar-refractivity contribution in [3.63, 3.8) is 0 Å². The number of rotatable bonds is 6. The van der Waals surface area contributed by atoms with Gasteiger partial charge in [0.05, 0.1) is 0 Å². The Morgan fingerprint density at radius 1 is 1.11 bits per heavy atom. The molecule has 0 bridgehead atoms. The molecule has 1 aliphatic rings. The molecule has 0 aliphatic carbocycles. The fourth-order valence-electron chi connectivity index (χ4n) is 2.61. The van der Waals surface area contributed by atoms with Gasteiger partial charge in [-0.2, -0.15) is 0 Å². The van der Waals surface area contributed by atoms with E-state index in [0.29, 0.717) is 0 Å². The Labute approximate surface area is 111 Å². The summed E-state index contributed by atoms with van der Waals surface area (Å²) < 4.78 is 0. The highest BCUT2D eigenvalue weighted by Crippen LogP contribution is 2.08. The maximum atomic E-state index is 3.56. The SMILES string of the molecule is CCc1cccc(CNCCN2CCCCC2)c1. The first-order valence-electron chi connectivity index (χ1n) is 7.39. The van der Waals surface area contributed by atoms with Gasteiger partial charge in [0.1, 0.15) is 0 Å². The van der Waals surface area contributed by atoms with Gasteiger partial charge < -0.3 is 10.2 Å². The van der Waals surface area contributed by atoms with Crippen molar-refractivity contribution in [1.82, 2.24) is 10.2 Å². The third kappa shape index (κ3) is 4.43. The highest BCUT2D eigenvalue weighted by atomic mass is 15.1. The molecule has 1 fully saturated rings. The van der Waals surface area contributed by atoms with Crippen molar-refractivity contribution in [3.8, 4) is 0 Å². The van der Waals surface area contributed by atoms with Crippen LogP contribution in [0.5, 0.6) is 0 Å². The van der Waals surface area contributed by atoms with E-state index in [1.165, 1.54) is 50.0 Å². The standard InChI is InChI=1S/C16H26N2/c1-2-15-7-6-8-16(13-15)14-17-9-12-18-10-4-3-5-11-18/h6-8,13,17H,2-5,9-12,14H2,1H3. The summed E-state index contributed by atoms with van der Waals surface area (Å²) in [6.45, 7) is 8.12. The predicted octanol–water partition coefficient (Wildman–Crippen LogP) is 2.82. The van der Waals surface area contributed by atoms with E-state index in [4.69, 9.17) is 0 Å². The molecule has 1 saturated heterocycles. The molecule has 0 unspecified atom stereocenters. The Kier molecular flexibility index (Phi) is 5.69. The van der Waals surface area contributed by atoms with Crippen LogP contribution in [-0.2, 0) is 13.0 Å². The van der Waals surface area contributed by atoms with Crippen molar-refractivity contribution in [1.29, 1.82) is 0 Å². The van der Waals surface area contributed by atoms with Crippen LogP contribution in [0.4, 0.5) is 0 Å².